The summed E-state index contributed by atoms with van der Waals surface area (Å²) in [6.45, 7) is 0.836. The number of carbonyl (C=O) groups excluding carboxylic acids is 2. The van der Waals surface area contributed by atoms with Crippen LogP contribution in [-0.4, -0.2) is 42.9 Å². The number of amides is 1. The van der Waals surface area contributed by atoms with E-state index >= 15 is 0 Å². The van der Waals surface area contributed by atoms with E-state index in [0.29, 0.717) is 23.8 Å². The summed E-state index contributed by atoms with van der Waals surface area (Å²) in [7, 11) is 1.72. The van der Waals surface area contributed by atoms with Gasteiger partial charge < -0.3 is 14.4 Å². The predicted octanol–water partition coefficient (Wildman–Crippen LogP) is 3.01. The number of ketones is 1. The third-order valence-electron chi connectivity index (χ3n) is 3.83. The first-order chi connectivity index (χ1) is 11.6. The molecule has 0 saturated carbocycles. The monoisotopic (exact) mass is 345 g/mol. The number of hydrogen-bond acceptors (Lipinski definition) is 5. The lowest BCUT2D eigenvalue weighted by Crippen LogP contribution is -2.41. The smallest absolute Gasteiger partial charge is 0.222 e. The van der Waals surface area contributed by atoms with Crippen LogP contribution in [0.5, 0.6) is 11.5 Å². The van der Waals surface area contributed by atoms with Crippen molar-refractivity contribution in [1.82, 2.24) is 4.90 Å². The molecule has 2 heterocycles. The van der Waals surface area contributed by atoms with Crippen LogP contribution in [0.2, 0.25) is 0 Å². The van der Waals surface area contributed by atoms with Crippen molar-refractivity contribution in [3.8, 4) is 11.5 Å². The van der Waals surface area contributed by atoms with Crippen molar-refractivity contribution in [3.05, 3.63) is 46.7 Å². The van der Waals surface area contributed by atoms with Crippen molar-refractivity contribution in [2.24, 2.45) is 0 Å². The fourth-order valence-corrected chi connectivity index (χ4v) is 3.23. The summed E-state index contributed by atoms with van der Waals surface area (Å²) in [4.78, 5) is 26.5. The van der Waals surface area contributed by atoms with E-state index in [9.17, 15) is 9.59 Å². The van der Waals surface area contributed by atoms with Crippen LogP contribution in [0.15, 0.2) is 41.8 Å². The number of Topliss-reactive ketones (excluding diaryl/α,β-unsaturated/α-hetero) is 1. The number of hydrogen-bond donors (Lipinski definition) is 0. The lowest BCUT2D eigenvalue weighted by atomic mass is 10.1. The second-order valence-corrected chi connectivity index (χ2v) is 6.62. The topological polar surface area (TPSA) is 55.8 Å². The summed E-state index contributed by atoms with van der Waals surface area (Å²) < 4.78 is 11.5. The zero-order valence-corrected chi connectivity index (χ0v) is 14.3. The van der Waals surface area contributed by atoms with Crippen LogP contribution in [0.1, 0.15) is 22.5 Å². The molecule has 1 aromatic heterocycles. The predicted molar refractivity (Wildman–Crippen MR) is 91.9 cm³/mol. The van der Waals surface area contributed by atoms with E-state index in [4.69, 9.17) is 9.47 Å². The number of ether oxygens (including phenoxy) is 2. The molecular formula is C18H19NO4S. The Morgan fingerprint density at radius 3 is 2.71 bits per heavy atom. The Morgan fingerprint density at radius 2 is 1.96 bits per heavy atom. The van der Waals surface area contributed by atoms with Crippen molar-refractivity contribution in [2.45, 2.75) is 18.9 Å². The van der Waals surface area contributed by atoms with Gasteiger partial charge in [-0.05, 0) is 23.6 Å². The summed E-state index contributed by atoms with van der Waals surface area (Å²) in [5.41, 5.74) is 0. The minimum Gasteiger partial charge on any atom is -0.486 e. The molecule has 6 heteroatoms. The van der Waals surface area contributed by atoms with Crippen LogP contribution in [-0.2, 0) is 4.79 Å². The molecule has 0 saturated heterocycles. The van der Waals surface area contributed by atoms with E-state index in [-0.39, 0.29) is 30.6 Å². The van der Waals surface area contributed by atoms with Crippen LogP contribution < -0.4 is 9.47 Å². The number of benzene rings is 1. The quantitative estimate of drug-likeness (QED) is 0.755. The van der Waals surface area contributed by atoms with Crippen LogP contribution >= 0.6 is 11.3 Å². The van der Waals surface area contributed by atoms with Gasteiger partial charge in [-0.15, -0.1) is 11.3 Å². The van der Waals surface area contributed by atoms with Gasteiger partial charge in [0, 0.05) is 19.9 Å². The van der Waals surface area contributed by atoms with Gasteiger partial charge in [0.1, 0.15) is 6.61 Å². The Balaban J connectivity index is 1.47. The van der Waals surface area contributed by atoms with E-state index in [1.807, 2.05) is 35.7 Å². The molecule has 24 heavy (non-hydrogen) atoms. The zero-order valence-electron chi connectivity index (χ0n) is 13.4. The highest BCUT2D eigenvalue weighted by molar-refractivity contribution is 7.12. The number of likely N-dealkylation sites (N-methyl/N-ethyl adjacent to an activating group) is 1. The molecule has 1 atom stereocenters. The van der Waals surface area contributed by atoms with Gasteiger partial charge in [-0.1, -0.05) is 18.2 Å². The molecule has 0 fully saturated rings. The Labute approximate surface area is 144 Å². The minimum absolute atomic E-state index is 0.0120. The fraction of sp³-hybridized carbons (Fsp3) is 0.333. The van der Waals surface area contributed by atoms with Gasteiger partial charge >= 0.3 is 0 Å². The van der Waals surface area contributed by atoms with Gasteiger partial charge in [0.05, 0.1) is 11.4 Å². The number of rotatable bonds is 6. The molecule has 0 spiro atoms. The summed E-state index contributed by atoms with van der Waals surface area (Å²) in [6, 6.07) is 11.1. The van der Waals surface area contributed by atoms with Gasteiger partial charge in [0.2, 0.25) is 5.91 Å². The maximum Gasteiger partial charge on any atom is 0.222 e. The van der Waals surface area contributed by atoms with Gasteiger partial charge in [-0.3, -0.25) is 9.59 Å². The molecule has 0 radical (unpaired) electrons. The van der Waals surface area contributed by atoms with Gasteiger partial charge in [-0.25, -0.2) is 0 Å². The van der Waals surface area contributed by atoms with Crippen molar-refractivity contribution in [1.29, 1.82) is 0 Å². The van der Waals surface area contributed by atoms with E-state index in [0.717, 1.165) is 5.75 Å². The van der Waals surface area contributed by atoms with E-state index in [1.54, 1.807) is 18.0 Å². The summed E-state index contributed by atoms with van der Waals surface area (Å²) in [5.74, 6) is 1.37. The molecular weight excluding hydrogens is 326 g/mol. The normalized spacial score (nSPS) is 15.8. The van der Waals surface area contributed by atoms with Gasteiger partial charge in [0.25, 0.3) is 0 Å². The Morgan fingerprint density at radius 1 is 1.17 bits per heavy atom. The maximum absolute atomic E-state index is 12.2. The molecule has 2 aromatic rings. The SMILES string of the molecule is CN(CC1COc2ccccc2O1)C(=O)CCC(=O)c1cccs1. The Bertz CT molecular complexity index is 714. The Hall–Kier alpha value is -2.34. The van der Waals surface area contributed by atoms with Crippen molar-refractivity contribution < 1.29 is 19.1 Å². The van der Waals surface area contributed by atoms with Gasteiger partial charge in [-0.2, -0.15) is 0 Å². The molecule has 0 bridgehead atoms. The number of thiophene rings is 1. The molecule has 1 aromatic carbocycles. The molecule has 1 unspecified atom stereocenters. The van der Waals surface area contributed by atoms with Crippen LogP contribution in [0, 0.1) is 0 Å². The zero-order chi connectivity index (χ0) is 16.9. The van der Waals surface area contributed by atoms with Crippen LogP contribution in [0.3, 0.4) is 0 Å². The molecule has 5 nitrogen and oxygen atoms in total. The van der Waals surface area contributed by atoms with Crippen molar-refractivity contribution in [3.63, 3.8) is 0 Å². The van der Waals surface area contributed by atoms with E-state index in [2.05, 4.69) is 0 Å². The maximum atomic E-state index is 12.2. The average molecular weight is 345 g/mol. The second kappa shape index (κ2) is 7.49. The molecule has 0 N–H and O–H groups in total. The lowest BCUT2D eigenvalue weighted by Gasteiger charge is -2.29. The summed E-state index contributed by atoms with van der Waals surface area (Å²) >= 11 is 1.40. The minimum atomic E-state index is -0.207. The van der Waals surface area contributed by atoms with Gasteiger partial charge in [0.15, 0.2) is 23.4 Å². The molecule has 1 aliphatic heterocycles. The molecule has 1 amide bonds. The van der Waals surface area contributed by atoms with E-state index in [1.165, 1.54) is 11.3 Å². The van der Waals surface area contributed by atoms with Crippen LogP contribution in [0.25, 0.3) is 0 Å². The van der Waals surface area contributed by atoms with E-state index < -0.39 is 0 Å². The number of carbonyl (C=O) groups is 2. The van der Waals surface area contributed by atoms with Crippen LogP contribution in [0.4, 0.5) is 0 Å². The summed E-state index contributed by atoms with van der Waals surface area (Å²) in [5, 5.41) is 1.86. The highest BCUT2D eigenvalue weighted by Gasteiger charge is 2.24. The first-order valence-electron chi connectivity index (χ1n) is 7.82. The Kier molecular flexibility index (Phi) is 5.15. The van der Waals surface area contributed by atoms with Crippen molar-refractivity contribution >= 4 is 23.0 Å². The first-order valence-corrected chi connectivity index (χ1v) is 8.70. The third-order valence-corrected chi connectivity index (χ3v) is 4.74. The number of fused-ring (bicyclic) bond motifs is 1. The largest absolute Gasteiger partial charge is 0.486 e. The molecule has 126 valence electrons. The highest BCUT2D eigenvalue weighted by atomic mass is 32.1. The number of nitrogens with zero attached hydrogens (tertiary/aromatic N) is 1. The average Bonchev–Trinajstić information content (AvgIpc) is 3.14. The third kappa shape index (κ3) is 3.94. The molecule has 3 rings (SSSR count). The number of para-hydroxylation sites is 2. The molecule has 1 aliphatic rings. The van der Waals surface area contributed by atoms with Crippen molar-refractivity contribution in [2.75, 3.05) is 20.2 Å². The standard InChI is InChI=1S/C18H19NO4S/c1-19(18(21)9-8-14(20)17-7-4-10-24-17)11-13-12-22-15-5-2-3-6-16(15)23-13/h2-7,10,13H,8-9,11-12H2,1H3. The first kappa shape index (κ1) is 16.5. The highest BCUT2D eigenvalue weighted by Crippen LogP contribution is 2.30. The fourth-order valence-electron chi connectivity index (χ4n) is 2.53. The second-order valence-electron chi connectivity index (χ2n) is 5.67. The molecule has 0 aliphatic carbocycles. The lowest BCUT2D eigenvalue weighted by molar-refractivity contribution is -0.131. The summed E-state index contributed by atoms with van der Waals surface area (Å²) in [6.07, 6.45) is 0.230.